The SMILES string of the molecule is CCN1CCN(Cc2ccc(Nc3nc(-c4cc(F)c5c(c4)N(C(C)C)CCO5)cn3C)nc2)CC1. The fraction of sp³-hybridized carbons (Fsp3) is 0.481. The molecule has 0 spiro atoms. The highest BCUT2D eigenvalue weighted by molar-refractivity contribution is 5.73. The van der Waals surface area contributed by atoms with Crippen LogP contribution in [0.25, 0.3) is 11.3 Å². The maximum absolute atomic E-state index is 14.9. The Kier molecular flexibility index (Phi) is 7.11. The molecule has 192 valence electrons. The molecule has 0 aliphatic carbocycles. The molecule has 0 amide bonds. The number of likely N-dealkylation sites (N-methyl/N-ethyl adjacent to an activating group) is 1. The van der Waals surface area contributed by atoms with Crippen molar-refractivity contribution in [2.45, 2.75) is 33.4 Å². The Morgan fingerprint density at radius 3 is 2.56 bits per heavy atom. The van der Waals surface area contributed by atoms with Crippen LogP contribution in [0, 0.1) is 5.82 Å². The summed E-state index contributed by atoms with van der Waals surface area (Å²) in [6.07, 6.45) is 3.83. The van der Waals surface area contributed by atoms with E-state index in [9.17, 15) is 4.39 Å². The lowest BCUT2D eigenvalue weighted by Gasteiger charge is -2.34. The van der Waals surface area contributed by atoms with Gasteiger partial charge in [-0.3, -0.25) is 4.90 Å². The van der Waals surface area contributed by atoms with E-state index in [4.69, 9.17) is 9.72 Å². The molecule has 3 aromatic rings. The van der Waals surface area contributed by atoms with Crippen molar-refractivity contribution in [1.29, 1.82) is 0 Å². The molecule has 1 N–H and O–H groups in total. The highest BCUT2D eigenvalue weighted by atomic mass is 19.1. The number of fused-ring (bicyclic) bond motifs is 1. The summed E-state index contributed by atoms with van der Waals surface area (Å²) in [7, 11) is 1.92. The normalized spacial score (nSPS) is 16.8. The van der Waals surface area contributed by atoms with Gasteiger partial charge in [-0.25, -0.2) is 14.4 Å². The lowest BCUT2D eigenvalue weighted by atomic mass is 10.1. The molecule has 2 aliphatic rings. The van der Waals surface area contributed by atoms with Crippen LogP contribution in [0.15, 0.2) is 36.7 Å². The zero-order valence-corrected chi connectivity index (χ0v) is 21.7. The number of hydrogen-bond acceptors (Lipinski definition) is 7. The molecule has 0 atom stereocenters. The van der Waals surface area contributed by atoms with E-state index in [0.717, 1.165) is 62.9 Å². The van der Waals surface area contributed by atoms with Crippen LogP contribution in [0.3, 0.4) is 0 Å². The summed E-state index contributed by atoms with van der Waals surface area (Å²) in [6.45, 7) is 14.1. The van der Waals surface area contributed by atoms with E-state index < -0.39 is 0 Å². The van der Waals surface area contributed by atoms with Crippen LogP contribution in [0.4, 0.5) is 21.8 Å². The molecule has 0 radical (unpaired) electrons. The van der Waals surface area contributed by atoms with Gasteiger partial charge in [0.2, 0.25) is 5.95 Å². The number of anilines is 3. The number of aryl methyl sites for hydroxylation is 1. The zero-order valence-electron chi connectivity index (χ0n) is 21.7. The Labute approximate surface area is 212 Å². The number of piperazine rings is 1. The molecule has 0 unspecified atom stereocenters. The Morgan fingerprint density at radius 2 is 1.86 bits per heavy atom. The summed E-state index contributed by atoms with van der Waals surface area (Å²) < 4.78 is 22.5. The van der Waals surface area contributed by atoms with E-state index in [2.05, 4.69) is 51.8 Å². The van der Waals surface area contributed by atoms with Crippen LogP contribution < -0.4 is 15.0 Å². The van der Waals surface area contributed by atoms with Crippen molar-refractivity contribution >= 4 is 17.5 Å². The summed E-state index contributed by atoms with van der Waals surface area (Å²) in [5, 5.41) is 3.30. The van der Waals surface area contributed by atoms with Gasteiger partial charge in [-0.1, -0.05) is 13.0 Å². The van der Waals surface area contributed by atoms with Gasteiger partial charge < -0.3 is 24.4 Å². The molecular weight excluding hydrogens is 457 g/mol. The first-order valence-corrected chi connectivity index (χ1v) is 12.8. The van der Waals surface area contributed by atoms with Gasteiger partial charge >= 0.3 is 0 Å². The Morgan fingerprint density at radius 1 is 1.08 bits per heavy atom. The Balaban J connectivity index is 1.29. The number of imidazole rings is 1. The average Bonchev–Trinajstić information content (AvgIpc) is 3.25. The van der Waals surface area contributed by atoms with Crippen LogP contribution in [0.5, 0.6) is 5.75 Å². The second-order valence-electron chi connectivity index (χ2n) is 9.89. The molecular formula is C27H36FN7O. The van der Waals surface area contributed by atoms with Gasteiger partial charge in [-0.15, -0.1) is 0 Å². The fourth-order valence-corrected chi connectivity index (χ4v) is 4.94. The van der Waals surface area contributed by atoms with E-state index in [1.54, 1.807) is 0 Å². The number of hydrogen-bond donors (Lipinski definition) is 1. The summed E-state index contributed by atoms with van der Waals surface area (Å²) in [6, 6.07) is 7.82. The van der Waals surface area contributed by atoms with Gasteiger partial charge in [0.1, 0.15) is 12.4 Å². The van der Waals surface area contributed by atoms with Gasteiger partial charge in [-0.2, -0.15) is 0 Å². The average molecular weight is 494 g/mol. The van der Waals surface area contributed by atoms with Gasteiger partial charge in [0, 0.05) is 63.8 Å². The maximum Gasteiger partial charge on any atom is 0.208 e. The van der Waals surface area contributed by atoms with Crippen molar-refractivity contribution in [1.82, 2.24) is 24.3 Å². The van der Waals surface area contributed by atoms with Gasteiger partial charge in [0.15, 0.2) is 11.6 Å². The number of nitrogens with one attached hydrogen (secondary N) is 1. The topological polar surface area (TPSA) is 61.7 Å². The van der Waals surface area contributed by atoms with Gasteiger partial charge in [0.05, 0.1) is 17.9 Å². The predicted octanol–water partition coefficient (Wildman–Crippen LogP) is 4.11. The summed E-state index contributed by atoms with van der Waals surface area (Å²) in [5.41, 5.74) is 3.39. The quantitative estimate of drug-likeness (QED) is 0.532. The van der Waals surface area contributed by atoms with Crippen LogP contribution in [0.1, 0.15) is 26.3 Å². The second kappa shape index (κ2) is 10.4. The lowest BCUT2D eigenvalue weighted by Crippen LogP contribution is -2.45. The summed E-state index contributed by atoms with van der Waals surface area (Å²) >= 11 is 0. The van der Waals surface area contributed by atoms with E-state index in [-0.39, 0.29) is 11.9 Å². The third-order valence-electron chi connectivity index (χ3n) is 7.09. The molecule has 4 heterocycles. The van der Waals surface area contributed by atoms with E-state index >= 15 is 0 Å². The first-order valence-electron chi connectivity index (χ1n) is 12.8. The first kappa shape index (κ1) is 24.5. The number of aromatic nitrogens is 3. The molecule has 0 bridgehead atoms. The van der Waals surface area contributed by atoms with Crippen molar-refractivity contribution in [3.05, 3.63) is 48.0 Å². The minimum absolute atomic E-state index is 0.248. The zero-order chi connectivity index (χ0) is 25.2. The number of rotatable bonds is 7. The highest BCUT2D eigenvalue weighted by Crippen LogP contribution is 2.39. The van der Waals surface area contributed by atoms with E-state index in [0.29, 0.717) is 24.0 Å². The standard InChI is InChI=1S/C27H36FN7O/c1-5-33-8-10-34(11-9-33)17-20-6-7-25(29-16-20)31-27-30-23(18-32(27)4)21-14-22(28)26-24(15-21)35(19(2)3)12-13-36-26/h6-7,14-16,18-19H,5,8-13,17H2,1-4H3,(H,29,30,31). The van der Waals surface area contributed by atoms with Crippen LogP contribution in [-0.2, 0) is 13.6 Å². The van der Waals surface area contributed by atoms with Crippen molar-refractivity contribution in [2.24, 2.45) is 7.05 Å². The van der Waals surface area contributed by atoms with Crippen molar-refractivity contribution in [2.75, 3.05) is 56.1 Å². The second-order valence-corrected chi connectivity index (χ2v) is 9.89. The number of pyridine rings is 1. The van der Waals surface area contributed by atoms with Crippen LogP contribution in [-0.4, -0.2) is 76.3 Å². The monoisotopic (exact) mass is 493 g/mol. The highest BCUT2D eigenvalue weighted by Gasteiger charge is 2.25. The van der Waals surface area contributed by atoms with E-state index in [1.165, 1.54) is 11.6 Å². The smallest absolute Gasteiger partial charge is 0.208 e. The molecule has 9 heteroatoms. The molecule has 1 aromatic carbocycles. The van der Waals surface area contributed by atoms with Crippen LogP contribution >= 0.6 is 0 Å². The molecule has 8 nitrogen and oxygen atoms in total. The maximum atomic E-state index is 14.9. The number of nitrogens with zero attached hydrogens (tertiary/aromatic N) is 6. The number of benzene rings is 1. The van der Waals surface area contributed by atoms with Crippen molar-refractivity contribution in [3.8, 4) is 17.0 Å². The van der Waals surface area contributed by atoms with Crippen molar-refractivity contribution in [3.63, 3.8) is 0 Å². The number of halogens is 1. The van der Waals surface area contributed by atoms with Crippen LogP contribution in [0.2, 0.25) is 0 Å². The Bertz CT molecular complexity index is 1190. The van der Waals surface area contributed by atoms with Gasteiger partial charge in [-0.05, 0) is 44.2 Å². The first-order chi connectivity index (χ1) is 17.4. The molecule has 0 saturated carbocycles. The summed E-state index contributed by atoms with van der Waals surface area (Å²) in [4.78, 5) is 16.5. The molecule has 5 rings (SSSR count). The lowest BCUT2D eigenvalue weighted by molar-refractivity contribution is 0.132. The molecule has 2 aromatic heterocycles. The molecule has 1 fully saturated rings. The van der Waals surface area contributed by atoms with Gasteiger partial charge in [0.25, 0.3) is 0 Å². The van der Waals surface area contributed by atoms with Crippen molar-refractivity contribution < 1.29 is 9.13 Å². The largest absolute Gasteiger partial charge is 0.486 e. The summed E-state index contributed by atoms with van der Waals surface area (Å²) in [5.74, 6) is 1.34. The third-order valence-corrected chi connectivity index (χ3v) is 7.09. The third kappa shape index (κ3) is 5.17. The molecule has 36 heavy (non-hydrogen) atoms. The number of ether oxygens (including phenoxy) is 1. The van der Waals surface area contributed by atoms with E-state index in [1.807, 2.05) is 36.1 Å². The molecule has 1 saturated heterocycles. The predicted molar refractivity (Wildman–Crippen MR) is 141 cm³/mol. The fourth-order valence-electron chi connectivity index (χ4n) is 4.94. The molecule has 2 aliphatic heterocycles. The minimum atomic E-state index is -0.360. The Hall–Kier alpha value is -3.17. The minimum Gasteiger partial charge on any atom is -0.486 e.